The number of thiocarbonyl (C=S) groups is 1. The number of alkyl halides is 1. The van der Waals surface area contributed by atoms with Gasteiger partial charge in [0.1, 0.15) is 84.0 Å². The van der Waals surface area contributed by atoms with Gasteiger partial charge in [-0.05, 0) is 141 Å². The molecular weight excluding hydrogens is 1890 g/mol. The highest BCUT2D eigenvalue weighted by atomic mass is 127. The van der Waals surface area contributed by atoms with Crippen molar-refractivity contribution >= 4 is 240 Å². The van der Waals surface area contributed by atoms with Crippen LogP contribution < -0.4 is 55.8 Å². The molecule has 0 bridgehead atoms. The van der Waals surface area contributed by atoms with Crippen LogP contribution in [0.3, 0.4) is 0 Å². The van der Waals surface area contributed by atoms with Crippen LogP contribution in [-0.4, -0.2) is 144 Å². The summed E-state index contributed by atoms with van der Waals surface area (Å²) < 4.78 is 50.3. The molecule has 1 atom stereocenters. The number of nitro groups is 5. The molecule has 7 N–H and O–H groups in total. The fourth-order valence-corrected chi connectivity index (χ4v) is 44.5. The fraction of sp³-hybridized carbons (Fsp3) is 0.258. The predicted octanol–water partition coefficient (Wildman–Crippen LogP) is 13.6. The third-order valence-electron chi connectivity index (χ3n) is 14.2. The van der Waals surface area contributed by atoms with Crippen LogP contribution in [0.4, 0.5) is 56.9 Å². The first-order valence-corrected chi connectivity index (χ1v) is 52.7. The first-order chi connectivity index (χ1) is 54.9. The summed E-state index contributed by atoms with van der Waals surface area (Å²) >= 11 is 21.7. The number of ether oxygens (including phenoxy) is 9. The summed E-state index contributed by atoms with van der Waals surface area (Å²) in [6.45, 7) is 6.44. The monoisotopic (exact) mass is 1960 g/mol. The molecule has 6 aliphatic heterocycles. The number of nitrogens with one attached hydrogen (secondary N) is 3. The number of halogens is 1. The van der Waals surface area contributed by atoms with E-state index < -0.39 is 24.6 Å². The van der Waals surface area contributed by atoms with Crippen LogP contribution in [-0.2, 0) is 130 Å². The second kappa shape index (κ2) is 50.4. The van der Waals surface area contributed by atoms with E-state index in [0.29, 0.717) is 114 Å². The van der Waals surface area contributed by atoms with Gasteiger partial charge in [0, 0.05) is 140 Å². The van der Waals surface area contributed by atoms with Gasteiger partial charge in [0.25, 0.3) is 34.3 Å². The van der Waals surface area contributed by atoms with Crippen molar-refractivity contribution in [3.63, 3.8) is 0 Å². The number of carbonyl (C=O) groups excluding carboxylic acids is 1. The number of nitrogens with two attached hydrogens (primary N) is 2. The number of amides is 1. The van der Waals surface area contributed by atoms with Crippen molar-refractivity contribution in [3.05, 3.63) is 196 Å². The van der Waals surface area contributed by atoms with Crippen molar-refractivity contribution in [1.82, 2.24) is 19.1 Å². The lowest BCUT2D eigenvalue weighted by Crippen LogP contribution is -2.27. The molecule has 0 saturated carbocycles. The Morgan fingerprint density at radius 1 is 0.588 bits per heavy atom. The van der Waals surface area contributed by atoms with Crippen molar-refractivity contribution in [3.8, 4) is 45.9 Å². The lowest BCUT2D eigenvalue weighted by Gasteiger charge is -2.20. The number of aromatic nitrogens is 4. The summed E-state index contributed by atoms with van der Waals surface area (Å²) in [7, 11) is 20.0. The van der Waals surface area contributed by atoms with Crippen molar-refractivity contribution in [2.45, 2.75) is 39.5 Å². The maximum atomic E-state index is 10.9. The Bertz CT molecular complexity index is 5160. The number of carbonyl (C=O) groups is 1. The molecule has 0 radical (unpaired) electrons. The van der Waals surface area contributed by atoms with Crippen LogP contribution in [0, 0.1) is 50.6 Å². The molecule has 606 valence electrons. The largest absolute Gasteiger partial charge is 0.485 e. The van der Waals surface area contributed by atoms with Gasteiger partial charge < -0.3 is 70.0 Å². The number of hydrogen-bond acceptors (Lipinski definition) is 30. The van der Waals surface area contributed by atoms with Gasteiger partial charge in [-0.2, -0.15) is 0 Å². The van der Waals surface area contributed by atoms with Gasteiger partial charge >= 0.3 is 0 Å². The van der Waals surface area contributed by atoms with E-state index in [2.05, 4.69) is 58.5 Å². The maximum Gasteiger partial charge on any atom is 0.271 e. The minimum absolute atomic E-state index is 0.0146. The lowest BCUT2D eigenvalue weighted by molar-refractivity contribution is -0.385. The molecule has 6 aromatic carbocycles. The van der Waals surface area contributed by atoms with Gasteiger partial charge in [-0.15, -0.1) is 0 Å². The number of non-ortho nitro benzene ring substituents is 5. The fourth-order valence-electron chi connectivity index (χ4n) is 9.02. The Morgan fingerprint density at radius 3 is 1.53 bits per heavy atom. The summed E-state index contributed by atoms with van der Waals surface area (Å²) in [4.78, 5) is 80.6. The Balaban J connectivity index is 0.000000204. The second-order valence-electron chi connectivity index (χ2n) is 21.6. The SMILES string of the molecule is CC1=Nc2cc([N+](=O)[O-])ccc2OC1.CI.COC(C)CN=C1COc2ccc([N+](=O)[O-])cc2N1.COC(CN)OC.Nc1ccc2c(c1)-n1ccnc1CO2.O=C1COc2ccc([N+](=O)[O-])cc2N1.O=[N+]([O-])c1ccc2c(c1)-n1ccnc1CO2.O=[N+]([O-])c1ccc2c(c1)NC(=S)CO2.S=PP(P=S)P=S=S=S=S=S=S=S=S. The van der Waals surface area contributed by atoms with Gasteiger partial charge in [-0.25, -0.2) is 9.97 Å². The molecule has 0 aliphatic carbocycles. The number of methoxy groups -OCH3 is 3. The van der Waals surface area contributed by atoms with Crippen molar-refractivity contribution in [1.29, 1.82) is 0 Å². The van der Waals surface area contributed by atoms with Gasteiger partial charge in [0.15, 0.2) is 24.5 Å². The minimum Gasteiger partial charge on any atom is -0.485 e. The molecule has 0 saturated heterocycles. The second-order valence-corrected chi connectivity index (χ2v) is 47.9. The van der Waals surface area contributed by atoms with Crippen molar-refractivity contribution in [2.75, 3.05) is 87.5 Å². The summed E-state index contributed by atoms with van der Waals surface area (Å²) in [5, 5.41) is 61.1. The number of nitrogen functional groups attached to an aromatic ring is 1. The number of amidine groups is 1. The third kappa shape index (κ3) is 30.5. The van der Waals surface area contributed by atoms with Crippen LogP contribution >= 0.6 is 62.9 Å². The maximum absolute atomic E-state index is 10.9. The summed E-state index contributed by atoms with van der Waals surface area (Å²) in [5.74, 6) is 5.69. The van der Waals surface area contributed by atoms with E-state index >= 15 is 0 Å². The average Bonchev–Trinajstić information content (AvgIpc) is 1.80. The van der Waals surface area contributed by atoms with Crippen LogP contribution in [0.15, 0.2) is 144 Å². The molecule has 1 amide bonds. The zero-order valence-electron chi connectivity index (χ0n) is 59.9. The molecule has 0 spiro atoms. The molecule has 0 fully saturated rings. The Hall–Kier alpha value is -8.06. The van der Waals surface area contributed by atoms with Crippen molar-refractivity contribution < 1.29 is 72.0 Å². The van der Waals surface area contributed by atoms with E-state index in [9.17, 15) is 55.4 Å². The first kappa shape index (κ1) is 94.8. The summed E-state index contributed by atoms with van der Waals surface area (Å²) in [6, 6.07) is 27.4. The number of anilines is 4. The van der Waals surface area contributed by atoms with Crippen molar-refractivity contribution in [2.24, 2.45) is 15.7 Å². The zero-order chi connectivity index (χ0) is 83.2. The number of nitro benzene ring substituents is 5. The highest BCUT2D eigenvalue weighted by Gasteiger charge is 2.24. The minimum atomic E-state index is -0.527. The molecule has 14 rings (SSSR count). The molecule has 6 aliphatic rings. The molecule has 1 unspecified atom stereocenters. The molecule has 8 aromatic rings. The van der Waals surface area contributed by atoms with Gasteiger partial charge in [-0.3, -0.25) is 74.5 Å². The van der Waals surface area contributed by atoms with Crippen LogP contribution in [0.1, 0.15) is 25.5 Å². The van der Waals surface area contributed by atoms with E-state index in [1.54, 1.807) is 113 Å². The van der Waals surface area contributed by atoms with E-state index in [1.807, 2.05) is 57.2 Å². The van der Waals surface area contributed by atoms with Crippen LogP contribution in [0.5, 0.6) is 34.5 Å². The standard InChI is InChI=1S/C12H15N3O4.C10H7N3O3.C10H9N3O.C9H8N2O3.C8H6N2O4.C8H6N2O3S.C4H11NO2.CH3I.P4S10/c1-8(18-2)6-13-12-7-19-11-4-3-9(15(16)17)5-10(11)14-12;14-13(15)7-1-2-9-8(5-7)12-4-3-11-10(12)6-16-9;11-7-1-2-9-8(5-7)13-4-3-12-10(13)6-14-9;1-6-5-14-9-3-2-7(11(12)13)4-8(9)10-6;11-8-4-14-7-2-1-5(10(12)13)3-6(7)9-8;11-10(12)5-1-2-7-6(3-5)9-8(14)4-13-7;1-6-4(3-5)7-2;1-2;5-1-4(2-6)3-8-10-12-14-13-11-9-7/h3-5,8H,6-7H2,1-2H3,(H,13,14);1-5H,6H2;1-5H,6,11H2;2-4H,5H2,1H3;1-3H,4H2,(H,9,11);1-3H,4H2,(H,9,14);4H,3,5H2,1-2H3;1H3;. The molecular formula is C62H65IN16O20P4S11. The van der Waals surface area contributed by atoms with Gasteiger partial charge in [0.05, 0.1) is 78.4 Å². The number of fused-ring (bicyclic) bond motifs is 10. The molecule has 114 heavy (non-hydrogen) atoms. The van der Waals surface area contributed by atoms with Gasteiger partial charge in [-0.1, -0.05) is 58.4 Å². The van der Waals surface area contributed by atoms with E-state index in [4.69, 9.17) is 101 Å². The lowest BCUT2D eigenvalue weighted by atomic mass is 10.2. The number of nitrogens with zero attached hydrogens (tertiary/aromatic N) is 11. The van der Waals surface area contributed by atoms with E-state index in [0.717, 1.165) is 48.6 Å². The van der Waals surface area contributed by atoms with E-state index in [-0.39, 0.29) is 60.3 Å². The number of aliphatic imine (C=N–C) groups is 2. The van der Waals surface area contributed by atoms with Crippen LogP contribution in [0.2, 0.25) is 0 Å². The Kier molecular flexibility index (Phi) is 41.9. The topological polar surface area (TPSA) is 464 Å². The number of rotatable bonds is 14. The first-order valence-electron chi connectivity index (χ1n) is 31.6. The Labute approximate surface area is 709 Å². The quantitative estimate of drug-likeness (QED) is 0.00986. The number of imidazole rings is 2. The van der Waals surface area contributed by atoms with Gasteiger partial charge in [0.2, 0.25) is 0 Å². The highest BCUT2D eigenvalue weighted by molar-refractivity contribution is 14.1. The number of hydrogen-bond donors (Lipinski definition) is 5. The highest BCUT2D eigenvalue weighted by Crippen LogP contribution is 2.69. The molecule has 36 nitrogen and oxygen atoms in total. The summed E-state index contributed by atoms with van der Waals surface area (Å²) in [5.41, 5.74) is 16.1. The molecule has 2 aromatic heterocycles. The normalized spacial score (nSPS) is 13.4. The smallest absolute Gasteiger partial charge is 0.271 e. The van der Waals surface area contributed by atoms with Crippen LogP contribution in [0.25, 0.3) is 11.4 Å². The average molecular weight is 1960 g/mol. The Morgan fingerprint density at radius 2 is 1.03 bits per heavy atom. The third-order valence-corrected chi connectivity index (χ3v) is 48.2. The molecule has 8 heterocycles. The number of benzene rings is 6. The molecule has 52 heteroatoms. The predicted molar refractivity (Wildman–Crippen MR) is 479 cm³/mol. The zero-order valence-corrected chi connectivity index (χ0v) is 74.6. The summed E-state index contributed by atoms with van der Waals surface area (Å²) in [6.07, 6.45) is 6.86. The van der Waals surface area contributed by atoms with E-state index in [1.165, 1.54) is 82.7 Å².